The summed E-state index contributed by atoms with van der Waals surface area (Å²) in [5, 5.41) is 30.3. The monoisotopic (exact) mass is 537 g/mol. The lowest BCUT2D eigenvalue weighted by Crippen LogP contribution is -2.57. The number of nitrogens with one attached hydrogen (secondary N) is 4. The van der Waals surface area contributed by atoms with Crippen LogP contribution < -0.4 is 27.0 Å². The highest BCUT2D eigenvalue weighted by atomic mass is 32.2. The highest BCUT2D eigenvalue weighted by Gasteiger charge is 2.31. The lowest BCUT2D eigenvalue weighted by atomic mass is 10.0. The average molecular weight is 538 g/mol. The number of rotatable bonds is 16. The zero-order valence-electron chi connectivity index (χ0n) is 21.2. The summed E-state index contributed by atoms with van der Waals surface area (Å²) in [6.07, 6.45) is 5.27. The van der Waals surface area contributed by atoms with Crippen LogP contribution in [0.1, 0.15) is 44.1 Å². The van der Waals surface area contributed by atoms with Crippen molar-refractivity contribution >= 4 is 35.5 Å². The van der Waals surface area contributed by atoms with E-state index in [2.05, 4.69) is 21.3 Å². The summed E-state index contributed by atoms with van der Waals surface area (Å²) in [6.45, 7) is 1.16. The van der Waals surface area contributed by atoms with Crippen molar-refractivity contribution in [2.45, 2.75) is 69.1 Å². The first kappa shape index (κ1) is 30.4. The largest absolute Gasteiger partial charge is 0.508 e. The first-order valence-corrected chi connectivity index (χ1v) is 14.0. The number of aromatic hydroxyl groups is 1. The number of carbonyl (C=O) groups excluding carboxylic acids is 3. The van der Waals surface area contributed by atoms with Gasteiger partial charge in [-0.3, -0.25) is 14.4 Å². The van der Waals surface area contributed by atoms with Gasteiger partial charge in [-0.2, -0.15) is 11.8 Å². The first-order valence-electron chi connectivity index (χ1n) is 12.6. The molecule has 0 bridgehead atoms. The molecule has 0 radical (unpaired) electrons. The maximum atomic E-state index is 13.3. The molecule has 4 atom stereocenters. The van der Waals surface area contributed by atoms with Crippen LogP contribution in [0.15, 0.2) is 24.3 Å². The third kappa shape index (κ3) is 10.6. The fraction of sp³-hybridized carbons (Fsp3) is 0.600. The summed E-state index contributed by atoms with van der Waals surface area (Å²) in [7, 11) is 0. The van der Waals surface area contributed by atoms with Crippen molar-refractivity contribution in [1.29, 1.82) is 0 Å². The van der Waals surface area contributed by atoms with Crippen molar-refractivity contribution in [3.63, 3.8) is 0 Å². The van der Waals surface area contributed by atoms with Crippen LogP contribution in [0.2, 0.25) is 0 Å². The second-order valence-corrected chi connectivity index (χ2v) is 10.1. The van der Waals surface area contributed by atoms with Gasteiger partial charge in [-0.25, -0.2) is 4.79 Å². The van der Waals surface area contributed by atoms with Gasteiger partial charge in [0.05, 0.1) is 6.04 Å². The normalized spacial score (nSPS) is 17.4. The van der Waals surface area contributed by atoms with E-state index >= 15 is 0 Å². The number of nitrogens with two attached hydrogens (primary N) is 1. The average Bonchev–Trinajstić information content (AvgIpc) is 3.42. The van der Waals surface area contributed by atoms with Gasteiger partial charge in [-0.1, -0.05) is 12.1 Å². The molecule has 2 rings (SSSR count). The van der Waals surface area contributed by atoms with Crippen molar-refractivity contribution in [3.05, 3.63) is 29.8 Å². The molecule has 0 saturated carbocycles. The fourth-order valence-corrected chi connectivity index (χ4v) is 4.53. The quantitative estimate of drug-likeness (QED) is 0.144. The first-order chi connectivity index (χ1) is 17.7. The Hall–Kier alpha value is -2.83. The smallest absolute Gasteiger partial charge is 0.326 e. The minimum Gasteiger partial charge on any atom is -0.508 e. The summed E-state index contributed by atoms with van der Waals surface area (Å²) in [4.78, 5) is 50.9. The maximum Gasteiger partial charge on any atom is 0.326 e. The maximum absolute atomic E-state index is 13.3. The molecular formula is C25H39N5O6S. The van der Waals surface area contributed by atoms with Gasteiger partial charge in [-0.15, -0.1) is 0 Å². The van der Waals surface area contributed by atoms with E-state index in [9.17, 15) is 29.4 Å². The number of phenols is 1. The lowest BCUT2D eigenvalue weighted by molar-refractivity contribution is -0.142. The van der Waals surface area contributed by atoms with Crippen molar-refractivity contribution in [3.8, 4) is 5.75 Å². The SMILES string of the molecule is CSCCC(NC(=O)C1CCCN1)C(=O)NC(Cc1ccc(O)cc1)C(=O)NC(CCCCN)C(=O)O. The molecule has 11 nitrogen and oxygen atoms in total. The summed E-state index contributed by atoms with van der Waals surface area (Å²) in [5.74, 6) is -1.92. The molecule has 1 aliphatic heterocycles. The van der Waals surface area contributed by atoms with Crippen molar-refractivity contribution in [2.24, 2.45) is 5.73 Å². The van der Waals surface area contributed by atoms with Gasteiger partial charge in [0.1, 0.15) is 23.9 Å². The molecule has 206 valence electrons. The molecule has 37 heavy (non-hydrogen) atoms. The van der Waals surface area contributed by atoms with Crippen LogP contribution in [0.3, 0.4) is 0 Å². The highest BCUT2D eigenvalue weighted by molar-refractivity contribution is 7.98. The second-order valence-electron chi connectivity index (χ2n) is 9.11. The molecule has 12 heteroatoms. The number of benzene rings is 1. The van der Waals surface area contributed by atoms with Crippen molar-refractivity contribution in [1.82, 2.24) is 21.3 Å². The number of aliphatic carboxylic acids is 1. The Kier molecular flexibility index (Phi) is 13.2. The van der Waals surface area contributed by atoms with E-state index in [1.807, 2.05) is 6.26 Å². The van der Waals surface area contributed by atoms with Crippen LogP contribution in [-0.2, 0) is 25.6 Å². The molecule has 8 N–H and O–H groups in total. The molecule has 1 fully saturated rings. The van der Waals surface area contributed by atoms with Gasteiger partial charge >= 0.3 is 5.97 Å². The van der Waals surface area contributed by atoms with Crippen LogP contribution in [0.4, 0.5) is 0 Å². The zero-order valence-corrected chi connectivity index (χ0v) is 22.0. The van der Waals surface area contributed by atoms with Gasteiger partial charge in [0.25, 0.3) is 0 Å². The standard InChI is InChI=1S/C25H39N5O6S/c1-37-14-11-19(28-22(32)18-6-4-13-27-18)23(33)30-21(15-16-7-9-17(31)10-8-16)24(34)29-20(25(35)36)5-2-3-12-26/h7-10,18-21,27,31H,2-6,11-15,26H2,1H3,(H,28,32)(H,29,34)(H,30,33)(H,35,36). The Morgan fingerprint density at radius 2 is 1.70 bits per heavy atom. The van der Waals surface area contributed by atoms with E-state index in [0.717, 1.165) is 13.0 Å². The molecule has 0 spiro atoms. The van der Waals surface area contributed by atoms with Gasteiger partial charge < -0.3 is 37.2 Å². The second kappa shape index (κ2) is 16.1. The molecule has 1 aromatic carbocycles. The van der Waals surface area contributed by atoms with Crippen LogP contribution >= 0.6 is 11.8 Å². The molecule has 1 aromatic rings. The summed E-state index contributed by atoms with van der Waals surface area (Å²) in [6, 6.07) is 2.75. The molecule has 1 saturated heterocycles. The number of hydrogen-bond acceptors (Lipinski definition) is 8. The molecule has 1 heterocycles. The van der Waals surface area contributed by atoms with E-state index in [1.165, 1.54) is 23.9 Å². The molecule has 0 aliphatic carbocycles. The van der Waals surface area contributed by atoms with Crippen molar-refractivity contribution < 1.29 is 29.4 Å². The Morgan fingerprint density at radius 1 is 1.03 bits per heavy atom. The zero-order chi connectivity index (χ0) is 27.2. The number of hydrogen-bond donors (Lipinski definition) is 7. The topological polar surface area (TPSA) is 183 Å². The van der Waals surface area contributed by atoms with Gasteiger partial charge in [0.2, 0.25) is 17.7 Å². The van der Waals surface area contributed by atoms with Crippen LogP contribution in [0.5, 0.6) is 5.75 Å². The van der Waals surface area contributed by atoms with Crippen LogP contribution in [0, 0.1) is 0 Å². The molecule has 1 aliphatic rings. The molecule has 3 amide bonds. The number of unbranched alkanes of at least 4 members (excludes halogenated alkanes) is 1. The van der Waals surface area contributed by atoms with E-state index < -0.39 is 35.9 Å². The number of amides is 3. The molecule has 4 unspecified atom stereocenters. The Labute approximate surface area is 221 Å². The van der Waals surface area contributed by atoms with E-state index in [1.54, 1.807) is 12.1 Å². The van der Waals surface area contributed by atoms with Crippen LogP contribution in [-0.4, -0.2) is 83.2 Å². The van der Waals surface area contributed by atoms with Crippen molar-refractivity contribution in [2.75, 3.05) is 25.1 Å². The van der Waals surface area contributed by atoms with E-state index in [0.29, 0.717) is 43.5 Å². The van der Waals surface area contributed by atoms with Gasteiger partial charge in [-0.05, 0) is 81.3 Å². The number of thioether (sulfide) groups is 1. The summed E-state index contributed by atoms with van der Waals surface area (Å²) < 4.78 is 0. The Bertz CT molecular complexity index is 894. The minimum absolute atomic E-state index is 0.0556. The highest BCUT2D eigenvalue weighted by Crippen LogP contribution is 2.13. The number of carbonyl (C=O) groups is 4. The summed E-state index contributed by atoms with van der Waals surface area (Å²) >= 11 is 1.53. The Balaban J connectivity index is 2.18. The van der Waals surface area contributed by atoms with Gasteiger partial charge in [0, 0.05) is 6.42 Å². The third-order valence-electron chi connectivity index (χ3n) is 6.19. The third-order valence-corrected chi connectivity index (χ3v) is 6.84. The lowest BCUT2D eigenvalue weighted by Gasteiger charge is -2.25. The Morgan fingerprint density at radius 3 is 2.30 bits per heavy atom. The minimum atomic E-state index is -1.17. The predicted molar refractivity (Wildman–Crippen MR) is 142 cm³/mol. The molecule has 0 aromatic heterocycles. The van der Waals surface area contributed by atoms with Crippen LogP contribution in [0.25, 0.3) is 0 Å². The van der Waals surface area contributed by atoms with Gasteiger partial charge in [0.15, 0.2) is 0 Å². The predicted octanol–water partition coefficient (Wildman–Crippen LogP) is 0.108. The number of phenolic OH excluding ortho intramolecular Hbond substituents is 1. The van der Waals surface area contributed by atoms with E-state index in [-0.39, 0.29) is 30.5 Å². The van der Waals surface area contributed by atoms with E-state index in [4.69, 9.17) is 5.73 Å². The fourth-order valence-electron chi connectivity index (χ4n) is 4.06. The number of carboxylic acid groups (broad SMARTS) is 1. The number of carboxylic acids is 1. The summed E-state index contributed by atoms with van der Waals surface area (Å²) in [5.41, 5.74) is 6.15. The molecular weight excluding hydrogens is 498 g/mol.